The van der Waals surface area contributed by atoms with E-state index in [2.05, 4.69) is 46.4 Å². The Bertz CT molecular complexity index is 2850. The van der Waals surface area contributed by atoms with Gasteiger partial charge in [0.2, 0.25) is 29.6 Å². The Morgan fingerprint density at radius 1 is 0.895 bits per heavy atom. The molecule has 2 aromatic heterocycles. The molecular formula is C56H74ClN10O7PS. The number of thiazole rings is 1. The van der Waals surface area contributed by atoms with Crippen molar-refractivity contribution in [1.29, 1.82) is 0 Å². The number of para-hydroxylation sites is 1. The average Bonchev–Trinajstić information content (AvgIpc) is 4.02. The van der Waals surface area contributed by atoms with E-state index in [9.17, 15) is 28.8 Å². The molecule has 3 atom stereocenters. The van der Waals surface area contributed by atoms with Crippen molar-refractivity contribution in [2.45, 2.75) is 129 Å². The zero-order valence-electron chi connectivity index (χ0n) is 44.8. The molecule has 4 heterocycles. The lowest BCUT2D eigenvalue weighted by molar-refractivity contribution is -0.144. The Morgan fingerprint density at radius 2 is 1.58 bits per heavy atom. The van der Waals surface area contributed by atoms with E-state index in [1.165, 1.54) is 11.1 Å². The molecule has 4 amide bonds. The van der Waals surface area contributed by atoms with Crippen LogP contribution in [0.2, 0.25) is 5.02 Å². The second-order valence-electron chi connectivity index (χ2n) is 21.3. The van der Waals surface area contributed by atoms with E-state index < -0.39 is 30.7 Å². The van der Waals surface area contributed by atoms with Crippen LogP contribution in [0.5, 0.6) is 5.75 Å². The molecule has 0 bridgehead atoms. The summed E-state index contributed by atoms with van der Waals surface area (Å²) in [6.45, 7) is 12.9. The first-order chi connectivity index (χ1) is 36.3. The van der Waals surface area contributed by atoms with Gasteiger partial charge in [-0.1, -0.05) is 94.5 Å². The zero-order chi connectivity index (χ0) is 54.6. The van der Waals surface area contributed by atoms with Gasteiger partial charge in [-0.3, -0.25) is 19.2 Å². The maximum atomic E-state index is 14.1. The standard InChI is InChI=1S/C56H74ClN10O7PS/c1-36-50(76-35-60-36)38-22-20-37(21-23-38)32-58-53(71)45-31-41(68)34-67(45)54(72)51(56(2,3)4)64-49(70)19-13-11-9-8-10-12-18-48(69)61-39-26-28-66(29-27-39)40-24-25-43(46(30-40)74-5)63-55-59-33-42(57)52(65-55)62-44-16-14-15-17-47(44)75(6,7)73/h14-17,20-25,30,33,35,39,41,45,51,68H,8-13,18-19,26-29,31-32,34H2,1-7H3,(H,58,71)(H,61,69)(H,64,70)(H2,59,62,63,65)/t41-,45+,51-/m1/s1. The Balaban J connectivity index is 0.772. The molecule has 6 N–H and O–H groups in total. The normalized spacial score (nSPS) is 16.5. The topological polar surface area (TPSA) is 220 Å². The van der Waals surface area contributed by atoms with Crippen LogP contribution in [0.1, 0.15) is 103 Å². The van der Waals surface area contributed by atoms with Crippen molar-refractivity contribution in [3.05, 3.63) is 94.7 Å². The number of nitrogens with one attached hydrogen (secondary N) is 5. The van der Waals surface area contributed by atoms with Crippen LogP contribution in [0, 0.1) is 12.3 Å². The van der Waals surface area contributed by atoms with Gasteiger partial charge in [-0.05, 0) is 86.7 Å². The molecule has 3 aromatic carbocycles. The van der Waals surface area contributed by atoms with Crippen LogP contribution >= 0.6 is 30.1 Å². The number of hydrogen-bond acceptors (Lipinski definition) is 14. The summed E-state index contributed by atoms with van der Waals surface area (Å²) in [5.74, 6) is 0.418. The summed E-state index contributed by atoms with van der Waals surface area (Å²) < 4.78 is 18.7. The highest BCUT2D eigenvalue weighted by Gasteiger charge is 2.44. The van der Waals surface area contributed by atoms with Gasteiger partial charge in [0.1, 0.15) is 30.0 Å². The molecule has 2 aliphatic rings. The number of ether oxygens (including phenoxy) is 1. The summed E-state index contributed by atoms with van der Waals surface area (Å²) in [5.41, 5.74) is 6.46. The number of nitrogens with zero attached hydrogens (tertiary/aromatic N) is 5. The van der Waals surface area contributed by atoms with Gasteiger partial charge in [-0.15, -0.1) is 11.3 Å². The number of amides is 4. The number of aliphatic hydroxyl groups is 1. The Labute approximate surface area is 456 Å². The fourth-order valence-electron chi connectivity index (χ4n) is 9.67. The summed E-state index contributed by atoms with van der Waals surface area (Å²) in [6, 6.07) is 19.6. The third kappa shape index (κ3) is 15.8. The number of methoxy groups -OCH3 is 1. The van der Waals surface area contributed by atoms with Gasteiger partial charge in [-0.2, -0.15) is 4.98 Å². The number of rotatable bonds is 23. The summed E-state index contributed by atoms with van der Waals surface area (Å²) in [7, 11) is -0.960. The van der Waals surface area contributed by atoms with Crippen LogP contribution in [0.3, 0.4) is 0 Å². The number of aromatic nitrogens is 3. The minimum absolute atomic E-state index is 0.0179. The van der Waals surface area contributed by atoms with Crippen LogP contribution in [-0.4, -0.2) is 113 Å². The fraction of sp³-hybridized carbons (Fsp3) is 0.482. The molecule has 0 radical (unpaired) electrons. The van der Waals surface area contributed by atoms with E-state index >= 15 is 0 Å². The predicted molar refractivity (Wildman–Crippen MR) is 304 cm³/mol. The molecule has 0 aliphatic carbocycles. The number of piperidine rings is 1. The molecule has 17 nitrogen and oxygen atoms in total. The Kier molecular flexibility index (Phi) is 20.0. The lowest BCUT2D eigenvalue weighted by atomic mass is 9.85. The highest BCUT2D eigenvalue weighted by molar-refractivity contribution is 7.70. The predicted octanol–water partition coefficient (Wildman–Crippen LogP) is 9.32. The first-order valence-electron chi connectivity index (χ1n) is 26.3. The minimum Gasteiger partial charge on any atom is -0.494 e. The number of unbranched alkanes of at least 4 members (excludes halogenated alkanes) is 5. The molecule has 2 fully saturated rings. The van der Waals surface area contributed by atoms with Gasteiger partial charge in [0.05, 0.1) is 46.9 Å². The van der Waals surface area contributed by atoms with E-state index in [0.29, 0.717) is 52.1 Å². The van der Waals surface area contributed by atoms with Gasteiger partial charge in [0.25, 0.3) is 0 Å². The van der Waals surface area contributed by atoms with Gasteiger partial charge in [0.15, 0.2) is 5.82 Å². The van der Waals surface area contributed by atoms with E-state index in [1.54, 1.807) is 31.8 Å². The van der Waals surface area contributed by atoms with Gasteiger partial charge >= 0.3 is 0 Å². The second-order valence-corrected chi connectivity index (χ2v) is 25.7. The van der Waals surface area contributed by atoms with Crippen LogP contribution < -0.4 is 41.5 Å². The van der Waals surface area contributed by atoms with Crippen LogP contribution in [0.15, 0.2) is 78.4 Å². The molecule has 7 rings (SSSR count). The van der Waals surface area contributed by atoms with E-state index in [-0.39, 0.29) is 55.6 Å². The van der Waals surface area contributed by atoms with Gasteiger partial charge < -0.3 is 50.8 Å². The quantitative estimate of drug-likeness (QED) is 0.0266. The highest BCUT2D eigenvalue weighted by atomic mass is 35.5. The van der Waals surface area contributed by atoms with Crippen molar-refractivity contribution in [2.24, 2.45) is 5.41 Å². The van der Waals surface area contributed by atoms with Crippen molar-refractivity contribution in [3.63, 3.8) is 0 Å². The summed E-state index contributed by atoms with van der Waals surface area (Å²) in [4.78, 5) is 71.8. The second kappa shape index (κ2) is 26.3. The lowest BCUT2D eigenvalue weighted by Crippen LogP contribution is -2.57. The molecular weight excluding hydrogens is 1020 g/mol. The van der Waals surface area contributed by atoms with Crippen molar-refractivity contribution >= 4 is 87.8 Å². The third-order valence-corrected chi connectivity index (χ3v) is 16.7. The molecule has 2 aliphatic heterocycles. The number of β-amino-alcohol motifs (C(OH)–C–C–N with tert-alkyl or cyclic N) is 1. The first kappa shape index (κ1) is 57.6. The summed E-state index contributed by atoms with van der Waals surface area (Å²) in [5, 5.41) is 27.3. The molecule has 0 saturated carbocycles. The number of carbonyl (C=O) groups is 4. The maximum Gasteiger partial charge on any atom is 0.246 e. The van der Waals surface area contributed by atoms with Gasteiger partial charge in [0, 0.05) is 68.5 Å². The fourth-order valence-corrected chi connectivity index (χ4v) is 11.8. The van der Waals surface area contributed by atoms with Crippen molar-refractivity contribution in [1.82, 2.24) is 35.8 Å². The van der Waals surface area contributed by atoms with Gasteiger partial charge in [-0.25, -0.2) is 9.97 Å². The van der Waals surface area contributed by atoms with Crippen LogP contribution in [0.25, 0.3) is 10.4 Å². The first-order valence-corrected chi connectivity index (χ1v) is 30.1. The Hall–Kier alpha value is -6.07. The smallest absolute Gasteiger partial charge is 0.246 e. The Morgan fingerprint density at radius 3 is 2.24 bits per heavy atom. The number of anilines is 5. The van der Waals surface area contributed by atoms with Crippen LogP contribution in [0.4, 0.5) is 28.8 Å². The lowest BCUT2D eigenvalue weighted by Gasteiger charge is -2.35. The summed E-state index contributed by atoms with van der Waals surface area (Å²) in [6.07, 6.45) is 8.27. The molecule has 20 heteroatoms. The highest BCUT2D eigenvalue weighted by Crippen LogP contribution is 2.39. The zero-order valence-corrected chi connectivity index (χ0v) is 47.3. The number of likely N-dealkylation sites (tertiary alicyclic amines) is 1. The molecule has 2 saturated heterocycles. The number of hydrogen-bond donors (Lipinski definition) is 6. The average molecular weight is 1100 g/mol. The monoisotopic (exact) mass is 1100 g/mol. The number of aryl methyl sites for hydroxylation is 1. The van der Waals surface area contributed by atoms with Crippen molar-refractivity contribution < 1.29 is 33.6 Å². The molecule has 76 heavy (non-hydrogen) atoms. The number of halogens is 1. The van der Waals surface area contributed by atoms with E-state index in [1.807, 2.05) is 99.9 Å². The van der Waals surface area contributed by atoms with Crippen molar-refractivity contribution in [3.8, 4) is 16.2 Å². The molecule has 5 aromatic rings. The SMILES string of the molecule is COc1cc(N2CCC(NC(=O)CCCCCCCCC(=O)N[C@H](C(=O)N3C[C@H](O)C[C@H]3C(=O)NCc3ccc(-c4scnc4C)cc3)C(C)(C)C)CC2)ccc1Nc1ncc(Cl)c(Nc2ccccc2P(C)(C)=O)n1. The number of benzene rings is 3. The van der Waals surface area contributed by atoms with Crippen LogP contribution in [-0.2, 0) is 30.3 Å². The molecule has 0 spiro atoms. The summed E-state index contributed by atoms with van der Waals surface area (Å²) >= 11 is 8.06. The van der Waals surface area contributed by atoms with Crippen molar-refractivity contribution in [2.75, 3.05) is 55.6 Å². The third-order valence-electron chi connectivity index (χ3n) is 13.9. The number of carbonyl (C=O) groups excluding carboxylic acids is 4. The maximum absolute atomic E-state index is 14.1. The number of aliphatic hydroxyl groups excluding tert-OH is 1. The molecule has 0 unspecified atom stereocenters. The molecule has 408 valence electrons. The minimum atomic E-state index is -2.57. The van der Waals surface area contributed by atoms with E-state index in [4.69, 9.17) is 16.3 Å². The van der Waals surface area contributed by atoms with E-state index in [0.717, 1.165) is 85.4 Å². The largest absolute Gasteiger partial charge is 0.494 e.